The summed E-state index contributed by atoms with van der Waals surface area (Å²) in [7, 11) is 2.07. The van der Waals surface area contributed by atoms with Gasteiger partial charge in [-0.3, -0.25) is 0 Å². The number of primary amides is 1. The summed E-state index contributed by atoms with van der Waals surface area (Å²) in [6.45, 7) is 2.81. The van der Waals surface area contributed by atoms with Crippen LogP contribution in [-0.4, -0.2) is 36.6 Å². The Morgan fingerprint density at radius 3 is 2.59 bits per heavy atom. The van der Waals surface area contributed by atoms with Crippen LogP contribution in [0.15, 0.2) is 30.3 Å². The summed E-state index contributed by atoms with van der Waals surface area (Å²) < 4.78 is 0. The number of nitrogens with two attached hydrogens (primary N) is 1. The molecule has 1 aromatic rings. The molecular formula is C13H19N3O. The van der Waals surface area contributed by atoms with E-state index in [9.17, 15) is 4.79 Å². The largest absolute Gasteiger partial charge is 0.369 e. The number of amides is 2. The number of benzene rings is 1. The molecular weight excluding hydrogens is 214 g/mol. The lowest BCUT2D eigenvalue weighted by Gasteiger charge is -2.31. The molecule has 0 aromatic heterocycles. The molecule has 0 radical (unpaired) electrons. The van der Waals surface area contributed by atoms with Gasteiger partial charge in [-0.25, -0.2) is 4.79 Å². The predicted molar refractivity (Wildman–Crippen MR) is 69.0 cm³/mol. The third kappa shape index (κ3) is 2.20. The van der Waals surface area contributed by atoms with E-state index in [0.717, 1.165) is 13.0 Å². The Bertz CT molecular complexity index is 393. The monoisotopic (exact) mass is 233 g/mol. The van der Waals surface area contributed by atoms with E-state index in [1.54, 1.807) is 4.90 Å². The van der Waals surface area contributed by atoms with Crippen LogP contribution in [0, 0.1) is 0 Å². The van der Waals surface area contributed by atoms with Crippen molar-refractivity contribution < 1.29 is 4.79 Å². The number of hydrogen-bond acceptors (Lipinski definition) is 2. The molecule has 4 nitrogen and oxygen atoms in total. The van der Waals surface area contributed by atoms with E-state index in [2.05, 4.69) is 31.0 Å². The molecule has 2 N–H and O–H groups in total. The van der Waals surface area contributed by atoms with Crippen LogP contribution in [0.3, 0.4) is 0 Å². The number of para-hydroxylation sites is 1. The Balaban J connectivity index is 2.12. The Kier molecular flexibility index (Phi) is 3.22. The highest BCUT2D eigenvalue weighted by molar-refractivity contribution is 5.73. The van der Waals surface area contributed by atoms with Gasteiger partial charge in [0.25, 0.3) is 0 Å². The molecule has 4 heteroatoms. The van der Waals surface area contributed by atoms with Gasteiger partial charge in [-0.05, 0) is 25.5 Å². The maximum absolute atomic E-state index is 11.2. The SMILES string of the molecule is CC1C(N(C)c2ccccc2)CCN1C(N)=O. The van der Waals surface area contributed by atoms with Crippen LogP contribution in [0.4, 0.5) is 10.5 Å². The van der Waals surface area contributed by atoms with Crippen molar-refractivity contribution in [3.8, 4) is 0 Å². The van der Waals surface area contributed by atoms with Crippen LogP contribution in [0.1, 0.15) is 13.3 Å². The van der Waals surface area contributed by atoms with E-state index in [1.807, 2.05) is 18.2 Å². The number of urea groups is 1. The normalized spacial score (nSPS) is 23.8. The maximum atomic E-state index is 11.2. The summed E-state index contributed by atoms with van der Waals surface area (Å²) >= 11 is 0. The van der Waals surface area contributed by atoms with Gasteiger partial charge < -0.3 is 15.5 Å². The molecule has 1 aliphatic rings. The zero-order valence-corrected chi connectivity index (χ0v) is 10.3. The fourth-order valence-electron chi connectivity index (χ4n) is 2.61. The molecule has 17 heavy (non-hydrogen) atoms. The highest BCUT2D eigenvalue weighted by Crippen LogP contribution is 2.25. The third-order valence-corrected chi connectivity index (χ3v) is 3.66. The number of carbonyl (C=O) groups is 1. The minimum Gasteiger partial charge on any atom is -0.369 e. The lowest BCUT2D eigenvalue weighted by atomic mass is 10.1. The van der Waals surface area contributed by atoms with Gasteiger partial charge in [0, 0.05) is 19.3 Å². The zero-order chi connectivity index (χ0) is 12.4. The number of anilines is 1. The third-order valence-electron chi connectivity index (χ3n) is 3.66. The molecule has 1 heterocycles. The van der Waals surface area contributed by atoms with Crippen molar-refractivity contribution in [3.05, 3.63) is 30.3 Å². The summed E-state index contributed by atoms with van der Waals surface area (Å²) in [6.07, 6.45) is 0.968. The van der Waals surface area contributed by atoms with Gasteiger partial charge in [-0.15, -0.1) is 0 Å². The first-order chi connectivity index (χ1) is 8.11. The smallest absolute Gasteiger partial charge is 0.315 e. The molecule has 0 bridgehead atoms. The number of rotatable bonds is 2. The van der Waals surface area contributed by atoms with Crippen molar-refractivity contribution in [2.75, 3.05) is 18.5 Å². The number of likely N-dealkylation sites (tertiary alicyclic amines) is 1. The van der Waals surface area contributed by atoms with E-state index < -0.39 is 0 Å². The van der Waals surface area contributed by atoms with E-state index in [1.165, 1.54) is 5.69 Å². The second kappa shape index (κ2) is 4.65. The van der Waals surface area contributed by atoms with Crippen molar-refractivity contribution in [2.24, 2.45) is 5.73 Å². The minimum atomic E-state index is -0.318. The van der Waals surface area contributed by atoms with Crippen molar-refractivity contribution in [3.63, 3.8) is 0 Å². The van der Waals surface area contributed by atoms with Gasteiger partial charge in [0.2, 0.25) is 0 Å². The summed E-state index contributed by atoms with van der Waals surface area (Å²) in [6, 6.07) is 10.4. The number of carbonyl (C=O) groups excluding carboxylic acids is 1. The fraction of sp³-hybridized carbons (Fsp3) is 0.462. The average molecular weight is 233 g/mol. The van der Waals surface area contributed by atoms with E-state index in [0.29, 0.717) is 6.04 Å². The summed E-state index contributed by atoms with van der Waals surface area (Å²) in [5.41, 5.74) is 6.53. The lowest BCUT2D eigenvalue weighted by Crippen LogP contribution is -2.45. The number of nitrogens with zero attached hydrogens (tertiary/aromatic N) is 2. The van der Waals surface area contributed by atoms with E-state index in [-0.39, 0.29) is 12.1 Å². The molecule has 1 aromatic carbocycles. The molecule has 2 atom stereocenters. The molecule has 1 aliphatic heterocycles. The van der Waals surface area contributed by atoms with Gasteiger partial charge in [0.05, 0.1) is 12.1 Å². The quantitative estimate of drug-likeness (QED) is 0.844. The molecule has 2 unspecified atom stereocenters. The van der Waals surface area contributed by atoms with Crippen molar-refractivity contribution in [2.45, 2.75) is 25.4 Å². The highest BCUT2D eigenvalue weighted by Gasteiger charge is 2.35. The fourth-order valence-corrected chi connectivity index (χ4v) is 2.61. The van der Waals surface area contributed by atoms with Crippen molar-refractivity contribution >= 4 is 11.7 Å². The standard InChI is InChI=1S/C13H19N3O/c1-10-12(8-9-16(10)13(14)17)15(2)11-6-4-3-5-7-11/h3-7,10,12H,8-9H2,1-2H3,(H2,14,17). The zero-order valence-electron chi connectivity index (χ0n) is 10.3. The average Bonchev–Trinajstić information content (AvgIpc) is 2.71. The molecule has 1 saturated heterocycles. The highest BCUT2D eigenvalue weighted by atomic mass is 16.2. The molecule has 2 amide bonds. The topological polar surface area (TPSA) is 49.6 Å². The van der Waals surface area contributed by atoms with Crippen molar-refractivity contribution in [1.82, 2.24) is 4.90 Å². The predicted octanol–water partition coefficient (Wildman–Crippen LogP) is 1.66. The Hall–Kier alpha value is -1.71. The second-order valence-electron chi connectivity index (χ2n) is 4.57. The van der Waals surface area contributed by atoms with Gasteiger partial charge in [0.1, 0.15) is 0 Å². The molecule has 0 aliphatic carbocycles. The molecule has 2 rings (SSSR count). The first kappa shape index (κ1) is 11.8. The van der Waals surface area contributed by atoms with Gasteiger partial charge >= 0.3 is 6.03 Å². The van der Waals surface area contributed by atoms with Crippen LogP contribution in [0.5, 0.6) is 0 Å². The molecule has 1 fully saturated rings. The van der Waals surface area contributed by atoms with Gasteiger partial charge in [0.15, 0.2) is 0 Å². The Labute approximate surface area is 102 Å². The first-order valence-electron chi connectivity index (χ1n) is 5.95. The van der Waals surface area contributed by atoms with Crippen LogP contribution in [0.2, 0.25) is 0 Å². The van der Waals surface area contributed by atoms with Gasteiger partial charge in [-0.2, -0.15) is 0 Å². The summed E-state index contributed by atoms with van der Waals surface area (Å²) in [5, 5.41) is 0. The van der Waals surface area contributed by atoms with Crippen LogP contribution >= 0.6 is 0 Å². The van der Waals surface area contributed by atoms with Gasteiger partial charge in [-0.1, -0.05) is 18.2 Å². The molecule has 0 spiro atoms. The van der Waals surface area contributed by atoms with Crippen molar-refractivity contribution in [1.29, 1.82) is 0 Å². The summed E-state index contributed by atoms with van der Waals surface area (Å²) in [5.74, 6) is 0. The summed E-state index contributed by atoms with van der Waals surface area (Å²) in [4.78, 5) is 15.2. The molecule has 0 saturated carbocycles. The number of hydrogen-bond donors (Lipinski definition) is 1. The molecule has 92 valence electrons. The van der Waals surface area contributed by atoms with Crippen LogP contribution in [0.25, 0.3) is 0 Å². The maximum Gasteiger partial charge on any atom is 0.315 e. The Morgan fingerprint density at radius 2 is 2.06 bits per heavy atom. The van der Waals surface area contributed by atoms with E-state index in [4.69, 9.17) is 5.73 Å². The Morgan fingerprint density at radius 1 is 1.41 bits per heavy atom. The van der Waals surface area contributed by atoms with E-state index >= 15 is 0 Å². The van der Waals surface area contributed by atoms with Crippen LogP contribution in [-0.2, 0) is 0 Å². The van der Waals surface area contributed by atoms with Crippen LogP contribution < -0.4 is 10.6 Å². The second-order valence-corrected chi connectivity index (χ2v) is 4.57. The minimum absolute atomic E-state index is 0.165. The number of likely N-dealkylation sites (N-methyl/N-ethyl adjacent to an activating group) is 1. The first-order valence-corrected chi connectivity index (χ1v) is 5.95. The lowest BCUT2D eigenvalue weighted by molar-refractivity contribution is 0.204.